The fourth-order valence-corrected chi connectivity index (χ4v) is 3.78. The van der Waals surface area contributed by atoms with E-state index in [-0.39, 0.29) is 5.56 Å². The molecule has 2 fully saturated rings. The summed E-state index contributed by atoms with van der Waals surface area (Å²) >= 11 is 0. The molecular weight excluding hydrogens is 290 g/mol. The zero-order valence-electron chi connectivity index (χ0n) is 13.3. The van der Waals surface area contributed by atoms with Crippen LogP contribution >= 0.6 is 0 Å². The van der Waals surface area contributed by atoms with Crippen LogP contribution in [0.5, 0.6) is 0 Å². The quantitative estimate of drug-likeness (QED) is 0.919. The number of ether oxygens (including phenoxy) is 1. The molecule has 2 saturated heterocycles. The zero-order valence-corrected chi connectivity index (χ0v) is 13.3. The maximum Gasteiger partial charge on any atom is 0.257 e. The molecule has 0 amide bonds. The second-order valence-electron chi connectivity index (χ2n) is 6.44. The van der Waals surface area contributed by atoms with E-state index in [2.05, 4.69) is 20.9 Å². The molecule has 0 spiro atoms. The Labute approximate surface area is 135 Å². The number of fused-ring (bicyclic) bond motifs is 1. The molecule has 1 aromatic heterocycles. The predicted molar refractivity (Wildman–Crippen MR) is 92.2 cm³/mol. The molecule has 0 bridgehead atoms. The van der Waals surface area contributed by atoms with Crippen LogP contribution in [0.3, 0.4) is 0 Å². The van der Waals surface area contributed by atoms with Crippen molar-refractivity contribution in [1.82, 2.24) is 9.88 Å². The monoisotopic (exact) mass is 313 g/mol. The average molecular weight is 313 g/mol. The first kappa shape index (κ1) is 14.7. The topological polar surface area (TPSA) is 48.6 Å². The second kappa shape index (κ2) is 6.34. The highest BCUT2D eigenvalue weighted by atomic mass is 16.5. The summed E-state index contributed by atoms with van der Waals surface area (Å²) in [6.07, 6.45) is 2.30. The number of aromatic nitrogens is 1. The number of nitrogens with zero attached hydrogens (tertiary/aromatic N) is 2. The van der Waals surface area contributed by atoms with E-state index in [9.17, 15) is 4.79 Å². The van der Waals surface area contributed by atoms with Crippen molar-refractivity contribution in [2.24, 2.45) is 0 Å². The minimum atomic E-state index is 0.00778. The molecule has 2 aliphatic rings. The standard InChI is InChI=1S/C18H23N3O2/c22-18-16-4-2-1-3-14(16)13-17(19-18)21-7-5-15(6-8-21)20-9-11-23-12-10-20/h1-4,13,15H,5-12H2,(H,19,22). The summed E-state index contributed by atoms with van der Waals surface area (Å²) in [5, 5.41) is 1.78. The lowest BCUT2D eigenvalue weighted by molar-refractivity contribution is 0.0115. The average Bonchev–Trinajstić information content (AvgIpc) is 2.63. The first-order chi connectivity index (χ1) is 11.3. The first-order valence-corrected chi connectivity index (χ1v) is 8.50. The molecule has 0 saturated carbocycles. The van der Waals surface area contributed by atoms with Crippen molar-refractivity contribution in [3.05, 3.63) is 40.7 Å². The lowest BCUT2D eigenvalue weighted by Gasteiger charge is -2.40. The Morgan fingerprint density at radius 1 is 1.04 bits per heavy atom. The number of benzene rings is 1. The number of anilines is 1. The van der Waals surface area contributed by atoms with Gasteiger partial charge in [0.25, 0.3) is 5.56 Å². The van der Waals surface area contributed by atoms with E-state index in [1.165, 1.54) is 0 Å². The van der Waals surface area contributed by atoms with Gasteiger partial charge in [-0.15, -0.1) is 0 Å². The number of H-pyrrole nitrogens is 1. The Kier molecular flexibility index (Phi) is 4.06. The van der Waals surface area contributed by atoms with Gasteiger partial charge in [0, 0.05) is 37.6 Å². The molecule has 0 radical (unpaired) electrons. The number of aromatic amines is 1. The maximum atomic E-state index is 12.2. The Hall–Kier alpha value is -1.85. The van der Waals surface area contributed by atoms with Crippen molar-refractivity contribution in [1.29, 1.82) is 0 Å². The highest BCUT2D eigenvalue weighted by molar-refractivity contribution is 5.83. The fraction of sp³-hybridized carbons (Fsp3) is 0.500. The van der Waals surface area contributed by atoms with Crippen molar-refractivity contribution < 1.29 is 4.74 Å². The van der Waals surface area contributed by atoms with Crippen molar-refractivity contribution in [3.8, 4) is 0 Å². The van der Waals surface area contributed by atoms with E-state index in [1.807, 2.05) is 24.3 Å². The lowest BCUT2D eigenvalue weighted by Crippen LogP contribution is -2.49. The second-order valence-corrected chi connectivity index (χ2v) is 6.44. The van der Waals surface area contributed by atoms with Crippen LogP contribution in [0.4, 0.5) is 5.82 Å². The number of piperidine rings is 1. The molecule has 5 heteroatoms. The maximum absolute atomic E-state index is 12.2. The Morgan fingerprint density at radius 3 is 2.57 bits per heavy atom. The van der Waals surface area contributed by atoms with Crippen LogP contribution in [-0.4, -0.2) is 55.3 Å². The van der Waals surface area contributed by atoms with Crippen molar-refractivity contribution in [2.45, 2.75) is 18.9 Å². The SMILES string of the molecule is O=c1[nH]c(N2CCC(N3CCOCC3)CC2)cc2ccccc12. The van der Waals surface area contributed by atoms with Crippen molar-refractivity contribution in [3.63, 3.8) is 0 Å². The summed E-state index contributed by atoms with van der Waals surface area (Å²) in [4.78, 5) is 20.2. The third kappa shape index (κ3) is 2.99. The molecule has 0 atom stereocenters. The smallest absolute Gasteiger partial charge is 0.257 e. The van der Waals surface area contributed by atoms with Gasteiger partial charge >= 0.3 is 0 Å². The van der Waals surface area contributed by atoms with Crippen molar-refractivity contribution >= 4 is 16.6 Å². The molecule has 3 heterocycles. The molecular formula is C18H23N3O2. The summed E-state index contributed by atoms with van der Waals surface area (Å²) in [7, 11) is 0. The predicted octanol–water partition coefficient (Wildman–Crippen LogP) is 1.83. The Morgan fingerprint density at radius 2 is 1.78 bits per heavy atom. The molecule has 1 N–H and O–H groups in total. The van der Waals surface area contributed by atoms with Gasteiger partial charge in [0.15, 0.2) is 0 Å². The van der Waals surface area contributed by atoms with Crippen LogP contribution in [0.15, 0.2) is 35.1 Å². The largest absolute Gasteiger partial charge is 0.379 e. The van der Waals surface area contributed by atoms with E-state index in [0.717, 1.165) is 68.8 Å². The van der Waals surface area contributed by atoms with E-state index in [0.29, 0.717) is 6.04 Å². The van der Waals surface area contributed by atoms with Gasteiger partial charge in [0.2, 0.25) is 0 Å². The summed E-state index contributed by atoms with van der Waals surface area (Å²) in [5.74, 6) is 0.953. The summed E-state index contributed by atoms with van der Waals surface area (Å²) in [5.41, 5.74) is 0.00778. The number of hydrogen-bond donors (Lipinski definition) is 1. The normalized spacial score (nSPS) is 21.0. The summed E-state index contributed by atoms with van der Waals surface area (Å²) < 4.78 is 5.44. The van der Waals surface area contributed by atoms with E-state index in [4.69, 9.17) is 4.74 Å². The van der Waals surface area contributed by atoms with E-state index < -0.39 is 0 Å². The lowest BCUT2D eigenvalue weighted by atomic mass is 10.0. The van der Waals surface area contributed by atoms with Gasteiger partial charge in [0.1, 0.15) is 5.82 Å². The minimum Gasteiger partial charge on any atom is -0.379 e. The number of hydrogen-bond acceptors (Lipinski definition) is 4. The highest BCUT2D eigenvalue weighted by Gasteiger charge is 2.26. The van der Waals surface area contributed by atoms with Crippen LogP contribution in [-0.2, 0) is 4.74 Å². The molecule has 122 valence electrons. The third-order valence-electron chi connectivity index (χ3n) is 5.11. The molecule has 0 aliphatic carbocycles. The van der Waals surface area contributed by atoms with Gasteiger partial charge in [-0.3, -0.25) is 9.69 Å². The number of morpholine rings is 1. The first-order valence-electron chi connectivity index (χ1n) is 8.50. The van der Waals surface area contributed by atoms with E-state index >= 15 is 0 Å². The van der Waals surface area contributed by atoms with Crippen LogP contribution in [0.25, 0.3) is 10.8 Å². The Bertz CT molecular complexity index is 728. The van der Waals surface area contributed by atoms with E-state index in [1.54, 1.807) is 0 Å². The van der Waals surface area contributed by atoms with Crippen molar-refractivity contribution in [2.75, 3.05) is 44.3 Å². The van der Waals surface area contributed by atoms with Gasteiger partial charge in [0.05, 0.1) is 13.2 Å². The van der Waals surface area contributed by atoms with Crippen LogP contribution in [0, 0.1) is 0 Å². The zero-order chi connectivity index (χ0) is 15.6. The molecule has 23 heavy (non-hydrogen) atoms. The molecule has 0 unspecified atom stereocenters. The van der Waals surface area contributed by atoms with Gasteiger partial charge in [-0.25, -0.2) is 0 Å². The Balaban J connectivity index is 1.49. The van der Waals surface area contributed by atoms with Crippen LogP contribution in [0.1, 0.15) is 12.8 Å². The van der Waals surface area contributed by atoms with Gasteiger partial charge in [-0.05, 0) is 30.4 Å². The number of nitrogens with one attached hydrogen (secondary N) is 1. The number of rotatable bonds is 2. The minimum absolute atomic E-state index is 0.00778. The fourth-order valence-electron chi connectivity index (χ4n) is 3.78. The van der Waals surface area contributed by atoms with Gasteiger partial charge in [-0.2, -0.15) is 0 Å². The summed E-state index contributed by atoms with van der Waals surface area (Å²) in [6, 6.07) is 10.5. The highest BCUT2D eigenvalue weighted by Crippen LogP contribution is 2.23. The molecule has 5 nitrogen and oxygen atoms in total. The third-order valence-corrected chi connectivity index (χ3v) is 5.11. The molecule has 2 aliphatic heterocycles. The molecule has 4 rings (SSSR count). The van der Waals surface area contributed by atoms with Crippen LogP contribution < -0.4 is 10.5 Å². The number of pyridine rings is 1. The van der Waals surface area contributed by atoms with Crippen LogP contribution in [0.2, 0.25) is 0 Å². The molecule has 1 aromatic carbocycles. The van der Waals surface area contributed by atoms with Gasteiger partial charge < -0.3 is 14.6 Å². The van der Waals surface area contributed by atoms with Gasteiger partial charge in [-0.1, -0.05) is 18.2 Å². The summed E-state index contributed by atoms with van der Waals surface area (Å²) in [6.45, 7) is 5.82. The molecule has 2 aromatic rings.